The molecule has 0 N–H and O–H groups in total. The van der Waals surface area contributed by atoms with Gasteiger partial charge in [-0.25, -0.2) is 4.98 Å². The summed E-state index contributed by atoms with van der Waals surface area (Å²) in [6.45, 7) is 4.85. The summed E-state index contributed by atoms with van der Waals surface area (Å²) >= 11 is 1.65. The minimum atomic E-state index is -2.46. The molecule has 0 aliphatic rings. The van der Waals surface area contributed by atoms with Crippen LogP contribution in [-0.4, -0.2) is 9.97 Å². The Morgan fingerprint density at radius 2 is 1.86 bits per heavy atom. The summed E-state index contributed by atoms with van der Waals surface area (Å²) in [6, 6.07) is 15.5. The van der Waals surface area contributed by atoms with E-state index >= 15 is 0 Å². The lowest BCUT2D eigenvalue weighted by atomic mass is 9.86. The molecule has 4 rings (SSSR count). The molecule has 0 aliphatic carbocycles. The lowest BCUT2D eigenvalue weighted by Crippen LogP contribution is -2.10. The number of fused-ring (bicyclic) bond motifs is 1. The number of aromatic nitrogens is 2. The largest absolute Gasteiger partial charge is 0.256 e. The summed E-state index contributed by atoms with van der Waals surface area (Å²) in [6.07, 6.45) is -0.557. The van der Waals surface area contributed by atoms with Crippen molar-refractivity contribution in [2.45, 2.75) is 40.9 Å². The van der Waals surface area contributed by atoms with Gasteiger partial charge in [0.15, 0.2) is 0 Å². The van der Waals surface area contributed by atoms with Crippen molar-refractivity contribution >= 4 is 21.6 Å². The van der Waals surface area contributed by atoms with E-state index < -0.39 is 18.6 Å². The lowest BCUT2D eigenvalue weighted by Gasteiger charge is -2.20. The minimum Gasteiger partial charge on any atom is -0.256 e. The van der Waals surface area contributed by atoms with E-state index in [0.29, 0.717) is 5.69 Å². The smallest absolute Gasteiger partial charge is 0.0907 e. The molecule has 0 unspecified atom stereocenters. The van der Waals surface area contributed by atoms with E-state index in [0.717, 1.165) is 31.9 Å². The van der Waals surface area contributed by atoms with Gasteiger partial charge < -0.3 is 0 Å². The molecule has 142 valence electrons. The highest BCUT2D eigenvalue weighted by Gasteiger charge is 2.15. The van der Waals surface area contributed by atoms with Gasteiger partial charge in [0.1, 0.15) is 0 Å². The van der Waals surface area contributed by atoms with Crippen LogP contribution in [0.5, 0.6) is 0 Å². The third-order valence-electron chi connectivity index (χ3n) is 4.40. The fourth-order valence-electron chi connectivity index (χ4n) is 3.25. The van der Waals surface area contributed by atoms with Crippen LogP contribution in [0, 0.1) is 19.2 Å². The van der Waals surface area contributed by atoms with Crippen LogP contribution in [0.1, 0.15) is 43.8 Å². The lowest BCUT2D eigenvalue weighted by molar-refractivity contribution is 0.410. The van der Waals surface area contributed by atoms with Crippen molar-refractivity contribution in [3.8, 4) is 22.4 Å². The van der Waals surface area contributed by atoms with Gasteiger partial charge in [-0.3, -0.25) is 4.98 Å². The Hall–Kier alpha value is -2.52. The minimum absolute atomic E-state index is 0.0489. The average Bonchev–Trinajstić information content (AvgIpc) is 3.12. The van der Waals surface area contributed by atoms with Gasteiger partial charge in [-0.1, -0.05) is 51.1 Å². The van der Waals surface area contributed by atoms with Gasteiger partial charge in [-0.2, -0.15) is 0 Å². The molecule has 0 spiro atoms. The molecule has 0 atom stereocenters. The molecular weight excluding hydrogens is 360 g/mol. The Morgan fingerprint density at radius 3 is 2.64 bits per heavy atom. The number of hydrogen-bond donors (Lipinski definition) is 0. The van der Waals surface area contributed by atoms with Gasteiger partial charge in [0.2, 0.25) is 0 Å². The molecule has 4 aromatic rings. The van der Waals surface area contributed by atoms with Crippen LogP contribution in [-0.2, 0) is 6.37 Å². The van der Waals surface area contributed by atoms with Crippen molar-refractivity contribution in [2.24, 2.45) is 5.41 Å². The van der Waals surface area contributed by atoms with E-state index in [2.05, 4.69) is 16.0 Å². The fraction of sp³-hybridized carbons (Fsp3) is 0.280. The predicted molar refractivity (Wildman–Crippen MR) is 121 cm³/mol. The molecule has 0 fully saturated rings. The second-order valence-electron chi connectivity index (χ2n) is 7.96. The van der Waals surface area contributed by atoms with Gasteiger partial charge in [0.05, 0.1) is 20.9 Å². The van der Waals surface area contributed by atoms with Crippen molar-refractivity contribution in [1.82, 2.24) is 9.97 Å². The molecule has 2 aromatic heterocycles. The first-order chi connectivity index (χ1) is 15.3. The number of thiazole rings is 1. The second kappa shape index (κ2) is 7.14. The summed E-state index contributed by atoms with van der Waals surface area (Å²) in [7, 11) is 0. The highest BCUT2D eigenvalue weighted by atomic mass is 32.1. The first kappa shape index (κ1) is 13.6. The van der Waals surface area contributed by atoms with E-state index in [1.807, 2.05) is 43.3 Å². The van der Waals surface area contributed by atoms with Crippen molar-refractivity contribution < 1.29 is 6.85 Å². The Labute approximate surface area is 178 Å². The molecule has 2 nitrogen and oxygen atoms in total. The highest BCUT2D eigenvalue weighted by molar-refractivity contribution is 7.19. The van der Waals surface area contributed by atoms with E-state index in [4.69, 9.17) is 6.85 Å². The second-order valence-corrected chi connectivity index (χ2v) is 9.16. The van der Waals surface area contributed by atoms with Crippen molar-refractivity contribution in [2.75, 3.05) is 0 Å². The third-order valence-corrected chi connectivity index (χ3v) is 5.42. The summed E-state index contributed by atoms with van der Waals surface area (Å²) in [4.78, 5) is 9.02. The van der Waals surface area contributed by atoms with Crippen LogP contribution >= 0.6 is 11.3 Å². The fourth-order valence-corrected chi connectivity index (χ4v) is 4.21. The SMILES string of the molecule is [2H]C([2H])([2H])c1cnc(-c2cccc(-c3cccc4nc(C)sc34)c2)cc1C([2H])([2H])C(C)(C)C. The molecule has 2 heterocycles. The van der Waals surface area contributed by atoms with Crippen molar-refractivity contribution in [1.29, 1.82) is 0 Å². The Balaban J connectivity index is 1.88. The van der Waals surface area contributed by atoms with E-state index in [1.54, 1.807) is 38.2 Å². The van der Waals surface area contributed by atoms with Crippen LogP contribution in [0.15, 0.2) is 54.7 Å². The zero-order valence-corrected chi connectivity index (χ0v) is 17.3. The molecule has 2 aromatic carbocycles. The number of benzene rings is 2. The summed E-state index contributed by atoms with van der Waals surface area (Å²) in [5.41, 5.74) is 3.69. The zero-order chi connectivity index (χ0) is 24.2. The molecule has 0 bridgehead atoms. The maximum Gasteiger partial charge on any atom is 0.0907 e. The van der Waals surface area contributed by atoms with Crippen LogP contribution < -0.4 is 0 Å². The zero-order valence-electron chi connectivity index (χ0n) is 21.5. The average molecular weight is 392 g/mol. The third kappa shape index (κ3) is 3.85. The van der Waals surface area contributed by atoms with E-state index in [9.17, 15) is 0 Å². The Kier molecular flexibility index (Phi) is 3.47. The monoisotopic (exact) mass is 391 g/mol. The first-order valence-electron chi connectivity index (χ1n) is 11.8. The predicted octanol–water partition coefficient (Wildman–Crippen LogP) is 7.23. The van der Waals surface area contributed by atoms with Crippen LogP contribution in [0.4, 0.5) is 0 Å². The van der Waals surface area contributed by atoms with Gasteiger partial charge in [-0.05, 0) is 60.5 Å². The maximum atomic E-state index is 8.75. The Bertz CT molecular complexity index is 1330. The molecule has 0 saturated carbocycles. The summed E-state index contributed by atoms with van der Waals surface area (Å²) < 4.78 is 42.4. The summed E-state index contributed by atoms with van der Waals surface area (Å²) in [5.74, 6) is 0. The first-order valence-corrected chi connectivity index (χ1v) is 10.1. The number of nitrogens with zero attached hydrogens (tertiary/aromatic N) is 2. The molecule has 0 aliphatic heterocycles. The van der Waals surface area contributed by atoms with Gasteiger partial charge in [0.25, 0.3) is 0 Å². The molecule has 0 amide bonds. The standard InChI is InChI=1S/C25H26N2S/c1-16-15-26-23(13-20(16)14-25(3,4)5)19-9-6-8-18(12-19)21-10-7-11-22-24(21)28-17(2)27-22/h6-13,15H,14H2,1-5H3/i1D3,14D2. The van der Waals surface area contributed by atoms with Crippen molar-refractivity contribution in [3.63, 3.8) is 0 Å². The normalized spacial score (nSPS) is 15.5. The maximum absolute atomic E-state index is 8.75. The number of aryl methyl sites for hydroxylation is 2. The highest BCUT2D eigenvalue weighted by Crippen LogP contribution is 2.35. The number of hydrogen-bond acceptors (Lipinski definition) is 3. The Morgan fingerprint density at radius 1 is 1.07 bits per heavy atom. The summed E-state index contributed by atoms with van der Waals surface area (Å²) in [5, 5.41) is 1.00. The van der Waals surface area contributed by atoms with Crippen LogP contribution in [0.2, 0.25) is 0 Å². The van der Waals surface area contributed by atoms with Crippen LogP contribution in [0.25, 0.3) is 32.6 Å². The van der Waals surface area contributed by atoms with E-state index in [-0.39, 0.29) is 11.1 Å². The quantitative estimate of drug-likeness (QED) is 0.368. The molecule has 3 heteroatoms. The molecular formula is C25H26N2S. The molecule has 0 radical (unpaired) electrons. The number of rotatable bonds is 3. The van der Waals surface area contributed by atoms with Crippen molar-refractivity contribution in [3.05, 3.63) is 70.9 Å². The molecule has 28 heavy (non-hydrogen) atoms. The van der Waals surface area contributed by atoms with Crippen LogP contribution in [0.3, 0.4) is 0 Å². The van der Waals surface area contributed by atoms with Gasteiger partial charge >= 0.3 is 0 Å². The van der Waals surface area contributed by atoms with E-state index in [1.165, 1.54) is 6.20 Å². The topological polar surface area (TPSA) is 25.8 Å². The van der Waals surface area contributed by atoms with Gasteiger partial charge in [0, 0.05) is 24.2 Å². The van der Waals surface area contributed by atoms with Gasteiger partial charge in [-0.15, -0.1) is 11.3 Å². The number of pyridine rings is 1. The molecule has 0 saturated heterocycles.